The highest BCUT2D eigenvalue weighted by Gasteiger charge is 2.26. The molecule has 4 heteroatoms. The standard InChI is InChI=1S/C15H16N2O2/c1-9-5-6-11(10(2)8-9)14-16-13(15(18)19)12-4-3-7-17(12)14/h5-6,8H,3-4,7H2,1-2H3,(H,18,19). The first-order chi connectivity index (χ1) is 9.08. The minimum Gasteiger partial charge on any atom is -0.476 e. The van der Waals surface area contributed by atoms with Crippen molar-refractivity contribution < 1.29 is 9.90 Å². The van der Waals surface area contributed by atoms with Crippen molar-refractivity contribution in [3.8, 4) is 11.4 Å². The Bertz CT molecular complexity index is 671. The van der Waals surface area contributed by atoms with Gasteiger partial charge < -0.3 is 9.67 Å². The fourth-order valence-corrected chi connectivity index (χ4v) is 2.83. The highest BCUT2D eigenvalue weighted by molar-refractivity contribution is 5.88. The number of benzene rings is 1. The van der Waals surface area contributed by atoms with Crippen molar-refractivity contribution in [1.29, 1.82) is 0 Å². The third kappa shape index (κ3) is 1.84. The smallest absolute Gasteiger partial charge is 0.356 e. The molecule has 1 N–H and O–H groups in total. The van der Waals surface area contributed by atoms with E-state index in [4.69, 9.17) is 0 Å². The van der Waals surface area contributed by atoms with Gasteiger partial charge in [-0.25, -0.2) is 9.78 Å². The summed E-state index contributed by atoms with van der Waals surface area (Å²) in [5, 5.41) is 9.25. The Hall–Kier alpha value is -2.10. The predicted octanol–water partition coefficient (Wildman–Crippen LogP) is 2.81. The minimum absolute atomic E-state index is 0.215. The zero-order valence-corrected chi connectivity index (χ0v) is 11.1. The molecule has 2 heterocycles. The van der Waals surface area contributed by atoms with Crippen molar-refractivity contribution in [3.63, 3.8) is 0 Å². The van der Waals surface area contributed by atoms with E-state index in [2.05, 4.69) is 22.5 Å². The van der Waals surface area contributed by atoms with E-state index < -0.39 is 5.97 Å². The molecular weight excluding hydrogens is 240 g/mol. The van der Waals surface area contributed by atoms with E-state index in [9.17, 15) is 9.90 Å². The van der Waals surface area contributed by atoms with Crippen molar-refractivity contribution in [1.82, 2.24) is 9.55 Å². The first kappa shape index (κ1) is 12.0. The highest BCUT2D eigenvalue weighted by Crippen LogP contribution is 2.30. The van der Waals surface area contributed by atoms with Crippen LogP contribution in [0.2, 0.25) is 0 Å². The van der Waals surface area contributed by atoms with Crippen LogP contribution in [-0.4, -0.2) is 20.6 Å². The second-order valence-corrected chi connectivity index (χ2v) is 5.11. The fraction of sp³-hybridized carbons (Fsp3) is 0.333. The summed E-state index contributed by atoms with van der Waals surface area (Å²) in [5.41, 5.74) is 4.45. The summed E-state index contributed by atoms with van der Waals surface area (Å²) in [6.07, 6.45) is 1.80. The molecule has 98 valence electrons. The summed E-state index contributed by atoms with van der Waals surface area (Å²) in [6, 6.07) is 6.18. The second kappa shape index (κ2) is 4.23. The van der Waals surface area contributed by atoms with Crippen molar-refractivity contribution in [2.45, 2.75) is 33.2 Å². The number of aromatic carboxylic acids is 1. The normalized spacial score (nSPS) is 13.6. The minimum atomic E-state index is -0.929. The van der Waals surface area contributed by atoms with Gasteiger partial charge in [0.15, 0.2) is 5.69 Å². The van der Waals surface area contributed by atoms with E-state index in [1.165, 1.54) is 5.56 Å². The maximum absolute atomic E-state index is 11.3. The molecule has 1 aliphatic heterocycles. The lowest BCUT2D eigenvalue weighted by molar-refractivity contribution is 0.0690. The van der Waals surface area contributed by atoms with E-state index in [-0.39, 0.29) is 5.69 Å². The van der Waals surface area contributed by atoms with E-state index in [1.54, 1.807) is 0 Å². The third-order valence-electron chi connectivity index (χ3n) is 3.69. The largest absolute Gasteiger partial charge is 0.476 e. The molecule has 1 aromatic carbocycles. The van der Waals surface area contributed by atoms with Gasteiger partial charge in [-0.15, -0.1) is 0 Å². The molecule has 19 heavy (non-hydrogen) atoms. The van der Waals surface area contributed by atoms with Crippen molar-refractivity contribution in [3.05, 3.63) is 40.7 Å². The van der Waals surface area contributed by atoms with Crippen LogP contribution in [0.5, 0.6) is 0 Å². The zero-order chi connectivity index (χ0) is 13.6. The number of hydrogen-bond acceptors (Lipinski definition) is 2. The van der Waals surface area contributed by atoms with Crippen LogP contribution >= 0.6 is 0 Å². The van der Waals surface area contributed by atoms with Gasteiger partial charge in [-0.2, -0.15) is 0 Å². The molecule has 0 saturated carbocycles. The Labute approximate surface area is 111 Å². The number of rotatable bonds is 2. The van der Waals surface area contributed by atoms with Gasteiger partial charge in [0, 0.05) is 12.1 Å². The molecule has 0 spiro atoms. The van der Waals surface area contributed by atoms with Crippen LogP contribution in [0.1, 0.15) is 33.7 Å². The van der Waals surface area contributed by atoms with Crippen LogP contribution < -0.4 is 0 Å². The van der Waals surface area contributed by atoms with E-state index in [0.717, 1.165) is 42.0 Å². The Morgan fingerprint density at radius 1 is 1.37 bits per heavy atom. The fourth-order valence-electron chi connectivity index (χ4n) is 2.83. The zero-order valence-electron chi connectivity index (χ0n) is 11.1. The Balaban J connectivity index is 2.21. The number of nitrogens with zero attached hydrogens (tertiary/aromatic N) is 2. The molecule has 0 bridgehead atoms. The van der Waals surface area contributed by atoms with Gasteiger partial charge >= 0.3 is 5.97 Å². The summed E-state index contributed by atoms with van der Waals surface area (Å²) in [5.74, 6) is -0.135. The number of aromatic nitrogens is 2. The summed E-state index contributed by atoms with van der Waals surface area (Å²) >= 11 is 0. The second-order valence-electron chi connectivity index (χ2n) is 5.11. The maximum Gasteiger partial charge on any atom is 0.356 e. The molecule has 0 unspecified atom stereocenters. The van der Waals surface area contributed by atoms with Crippen LogP contribution in [0.15, 0.2) is 18.2 Å². The van der Waals surface area contributed by atoms with Crippen molar-refractivity contribution >= 4 is 5.97 Å². The van der Waals surface area contributed by atoms with Crippen LogP contribution in [0.4, 0.5) is 0 Å². The molecule has 3 rings (SSSR count). The van der Waals surface area contributed by atoms with Gasteiger partial charge in [0.2, 0.25) is 0 Å². The lowest BCUT2D eigenvalue weighted by Crippen LogP contribution is -2.00. The summed E-state index contributed by atoms with van der Waals surface area (Å²) in [7, 11) is 0. The van der Waals surface area contributed by atoms with Crippen molar-refractivity contribution in [2.75, 3.05) is 0 Å². The molecule has 1 aromatic heterocycles. The SMILES string of the molecule is Cc1ccc(-c2nc(C(=O)O)c3n2CCC3)c(C)c1. The lowest BCUT2D eigenvalue weighted by Gasteiger charge is -2.08. The van der Waals surface area contributed by atoms with Gasteiger partial charge in [-0.1, -0.05) is 23.8 Å². The molecular formula is C15H16N2O2. The molecule has 1 aliphatic rings. The van der Waals surface area contributed by atoms with Gasteiger partial charge in [-0.3, -0.25) is 0 Å². The van der Waals surface area contributed by atoms with Crippen LogP contribution in [0.3, 0.4) is 0 Å². The number of carbonyl (C=O) groups is 1. The van der Waals surface area contributed by atoms with Crippen LogP contribution in [-0.2, 0) is 13.0 Å². The quantitative estimate of drug-likeness (QED) is 0.898. The molecule has 2 aromatic rings. The van der Waals surface area contributed by atoms with Crippen molar-refractivity contribution in [2.24, 2.45) is 0 Å². The average molecular weight is 256 g/mol. The van der Waals surface area contributed by atoms with E-state index in [1.807, 2.05) is 19.1 Å². The molecule has 0 atom stereocenters. The molecule has 0 saturated heterocycles. The van der Waals surface area contributed by atoms with E-state index in [0.29, 0.717) is 0 Å². The number of carboxylic acid groups (broad SMARTS) is 1. The molecule has 4 nitrogen and oxygen atoms in total. The Morgan fingerprint density at radius 2 is 2.16 bits per heavy atom. The first-order valence-electron chi connectivity index (χ1n) is 6.48. The van der Waals surface area contributed by atoms with Crippen LogP contribution in [0.25, 0.3) is 11.4 Å². The topological polar surface area (TPSA) is 55.1 Å². The van der Waals surface area contributed by atoms with Gasteiger partial charge in [0.25, 0.3) is 0 Å². The number of fused-ring (bicyclic) bond motifs is 1. The highest BCUT2D eigenvalue weighted by atomic mass is 16.4. The monoisotopic (exact) mass is 256 g/mol. The van der Waals surface area contributed by atoms with Gasteiger partial charge in [-0.05, 0) is 32.3 Å². The first-order valence-corrected chi connectivity index (χ1v) is 6.48. The molecule has 0 fully saturated rings. The Morgan fingerprint density at radius 3 is 2.84 bits per heavy atom. The predicted molar refractivity (Wildman–Crippen MR) is 72.4 cm³/mol. The van der Waals surface area contributed by atoms with Crippen LogP contribution in [0, 0.1) is 13.8 Å². The number of carboxylic acids is 1. The molecule has 0 radical (unpaired) electrons. The maximum atomic E-state index is 11.3. The number of imidazole rings is 1. The summed E-state index contributed by atoms with van der Waals surface area (Å²) < 4.78 is 2.06. The van der Waals surface area contributed by atoms with E-state index >= 15 is 0 Å². The summed E-state index contributed by atoms with van der Waals surface area (Å²) in [4.78, 5) is 15.6. The average Bonchev–Trinajstić information content (AvgIpc) is 2.90. The molecule has 0 amide bonds. The number of aryl methyl sites for hydroxylation is 2. The van der Waals surface area contributed by atoms with Gasteiger partial charge in [0.1, 0.15) is 5.82 Å². The third-order valence-corrected chi connectivity index (χ3v) is 3.69. The Kier molecular flexibility index (Phi) is 2.66. The van der Waals surface area contributed by atoms with Gasteiger partial charge in [0.05, 0.1) is 5.69 Å². The lowest BCUT2D eigenvalue weighted by atomic mass is 10.1. The number of hydrogen-bond donors (Lipinski definition) is 1. The summed E-state index contributed by atoms with van der Waals surface area (Å²) in [6.45, 7) is 4.95. The molecule has 0 aliphatic carbocycles.